The van der Waals surface area contributed by atoms with Crippen molar-refractivity contribution >= 4 is 0 Å². The highest BCUT2D eigenvalue weighted by Crippen LogP contribution is 1.88. The van der Waals surface area contributed by atoms with Gasteiger partial charge >= 0.3 is 0 Å². The van der Waals surface area contributed by atoms with Crippen molar-refractivity contribution in [3.63, 3.8) is 0 Å². The molecule has 0 saturated heterocycles. The lowest BCUT2D eigenvalue weighted by Gasteiger charge is -1.82. The third-order valence-electron chi connectivity index (χ3n) is 1.01. The molecule has 0 unspecified atom stereocenters. The Morgan fingerprint density at radius 3 is 2.60 bits per heavy atom. The number of rotatable bonds is 5. The molecule has 1 heteroatoms. The van der Waals surface area contributed by atoms with E-state index in [1.807, 2.05) is 24.3 Å². The van der Waals surface area contributed by atoms with Gasteiger partial charge in [0.05, 0.1) is 0 Å². The maximum atomic E-state index is 8.38. The number of hydrogen-bond acceptors (Lipinski definition) is 1. The predicted molar refractivity (Wildman–Crippen MR) is 44.8 cm³/mol. The van der Waals surface area contributed by atoms with E-state index in [0.717, 1.165) is 12.8 Å². The molecule has 0 radical (unpaired) electrons. The first-order valence-corrected chi connectivity index (χ1v) is 3.45. The van der Waals surface area contributed by atoms with Crippen molar-refractivity contribution in [3.05, 3.63) is 37.0 Å². The van der Waals surface area contributed by atoms with Crippen LogP contribution in [0.2, 0.25) is 0 Å². The molecule has 0 rings (SSSR count). The summed E-state index contributed by atoms with van der Waals surface area (Å²) in [5, 5.41) is 8.38. The Bertz CT molecular complexity index is 123. The molecule has 0 atom stereocenters. The molecule has 0 bridgehead atoms. The number of aliphatic hydroxyl groups excluding tert-OH is 1. The minimum absolute atomic E-state index is 0.238. The largest absolute Gasteiger partial charge is 0.396 e. The van der Waals surface area contributed by atoms with E-state index in [1.54, 1.807) is 6.08 Å². The second-order valence-corrected chi connectivity index (χ2v) is 1.88. The first kappa shape index (κ1) is 9.18. The lowest BCUT2D eigenvalue weighted by molar-refractivity contribution is 0.302. The molecule has 0 aliphatic heterocycles. The van der Waals surface area contributed by atoms with E-state index in [4.69, 9.17) is 5.11 Å². The predicted octanol–water partition coefficient (Wildman–Crippen LogP) is 2.06. The van der Waals surface area contributed by atoms with Gasteiger partial charge in [0.15, 0.2) is 0 Å². The normalized spacial score (nSPS) is 11.3. The number of aliphatic hydroxyl groups is 1. The molecule has 0 aliphatic carbocycles. The van der Waals surface area contributed by atoms with Gasteiger partial charge in [-0.3, -0.25) is 0 Å². The Labute approximate surface area is 62.4 Å². The Kier molecular flexibility index (Phi) is 7.51. The fourth-order valence-corrected chi connectivity index (χ4v) is 0.542. The molecule has 0 spiro atoms. The van der Waals surface area contributed by atoms with Crippen molar-refractivity contribution in [2.45, 2.75) is 12.8 Å². The van der Waals surface area contributed by atoms with Gasteiger partial charge in [-0.05, 0) is 12.8 Å². The van der Waals surface area contributed by atoms with Crippen molar-refractivity contribution < 1.29 is 5.11 Å². The summed E-state index contributed by atoms with van der Waals surface area (Å²) in [4.78, 5) is 0. The molecule has 0 saturated carbocycles. The van der Waals surface area contributed by atoms with Crippen molar-refractivity contribution in [3.8, 4) is 0 Å². The summed E-state index contributed by atoms with van der Waals surface area (Å²) in [7, 11) is 0. The van der Waals surface area contributed by atoms with E-state index in [9.17, 15) is 0 Å². The van der Waals surface area contributed by atoms with Crippen LogP contribution in [0.1, 0.15) is 12.8 Å². The van der Waals surface area contributed by atoms with Crippen molar-refractivity contribution in [1.29, 1.82) is 0 Å². The smallest absolute Gasteiger partial charge is 0.0465 e. The Hall–Kier alpha value is -0.820. The van der Waals surface area contributed by atoms with Crippen molar-refractivity contribution in [1.82, 2.24) is 0 Å². The minimum atomic E-state index is 0.238. The van der Waals surface area contributed by atoms with Crippen LogP contribution in [0.4, 0.5) is 0 Å². The van der Waals surface area contributed by atoms with E-state index in [-0.39, 0.29) is 6.61 Å². The van der Waals surface area contributed by atoms with Gasteiger partial charge in [-0.15, -0.1) is 0 Å². The number of hydrogen-bond donors (Lipinski definition) is 1. The zero-order valence-electron chi connectivity index (χ0n) is 6.16. The van der Waals surface area contributed by atoms with Crippen LogP contribution < -0.4 is 0 Å². The highest BCUT2D eigenvalue weighted by Gasteiger charge is 1.71. The Morgan fingerprint density at radius 2 is 2.00 bits per heavy atom. The Morgan fingerprint density at radius 1 is 1.20 bits per heavy atom. The summed E-state index contributed by atoms with van der Waals surface area (Å²) in [6.45, 7) is 3.78. The molecule has 10 heavy (non-hydrogen) atoms. The zero-order valence-corrected chi connectivity index (χ0v) is 6.16. The van der Waals surface area contributed by atoms with E-state index < -0.39 is 0 Å². The molecule has 1 nitrogen and oxygen atoms in total. The molecule has 1 N–H and O–H groups in total. The average molecular weight is 138 g/mol. The van der Waals surface area contributed by atoms with Gasteiger partial charge in [-0.1, -0.05) is 37.0 Å². The molecule has 0 heterocycles. The second-order valence-electron chi connectivity index (χ2n) is 1.88. The van der Waals surface area contributed by atoms with Crippen LogP contribution in [0.25, 0.3) is 0 Å². The molecule has 0 aromatic carbocycles. The van der Waals surface area contributed by atoms with E-state index in [1.165, 1.54) is 0 Å². The maximum absolute atomic E-state index is 8.38. The van der Waals surface area contributed by atoms with Crippen LogP contribution in [-0.4, -0.2) is 11.7 Å². The average Bonchev–Trinajstić information content (AvgIpc) is 1.97. The van der Waals surface area contributed by atoms with Gasteiger partial charge in [-0.25, -0.2) is 0 Å². The third-order valence-corrected chi connectivity index (χ3v) is 1.01. The van der Waals surface area contributed by atoms with Crippen molar-refractivity contribution in [2.75, 3.05) is 6.61 Å². The first-order valence-electron chi connectivity index (χ1n) is 3.45. The van der Waals surface area contributed by atoms with Gasteiger partial charge in [0.25, 0.3) is 0 Å². The summed E-state index contributed by atoms with van der Waals surface area (Å²) in [5.74, 6) is 0. The molecule has 56 valence electrons. The van der Waals surface area contributed by atoms with Gasteiger partial charge in [-0.2, -0.15) is 0 Å². The molecule has 0 aromatic rings. The van der Waals surface area contributed by atoms with Gasteiger partial charge in [0.2, 0.25) is 0 Å². The van der Waals surface area contributed by atoms with Crippen LogP contribution in [0, 0.1) is 0 Å². The quantitative estimate of drug-likeness (QED) is 0.455. The first-order chi connectivity index (χ1) is 4.91. The molecule has 0 aromatic heterocycles. The van der Waals surface area contributed by atoms with Gasteiger partial charge < -0.3 is 5.11 Å². The fraction of sp³-hybridized carbons (Fsp3) is 0.333. The van der Waals surface area contributed by atoms with Crippen LogP contribution in [0.15, 0.2) is 37.0 Å². The molecular weight excluding hydrogens is 124 g/mol. The summed E-state index contributed by atoms with van der Waals surface area (Å²) < 4.78 is 0. The fourth-order valence-electron chi connectivity index (χ4n) is 0.542. The van der Waals surface area contributed by atoms with Crippen molar-refractivity contribution in [2.24, 2.45) is 0 Å². The monoisotopic (exact) mass is 138 g/mol. The standard InChI is InChI=1S/C9H14O/c1-2-3-4-5-6-7-8-9-10/h2-4,6-7,10H,1,5,8-9H2/b4-3+,7-6+. The van der Waals surface area contributed by atoms with Gasteiger partial charge in [0, 0.05) is 6.61 Å². The highest BCUT2D eigenvalue weighted by molar-refractivity contribution is 5.00. The highest BCUT2D eigenvalue weighted by atomic mass is 16.2. The maximum Gasteiger partial charge on any atom is 0.0465 e. The van der Waals surface area contributed by atoms with E-state index >= 15 is 0 Å². The minimum Gasteiger partial charge on any atom is -0.396 e. The second kappa shape index (κ2) is 8.18. The van der Waals surface area contributed by atoms with E-state index in [0.29, 0.717) is 0 Å². The van der Waals surface area contributed by atoms with E-state index in [2.05, 4.69) is 6.58 Å². The number of allylic oxidation sites excluding steroid dienone is 4. The lowest BCUT2D eigenvalue weighted by Crippen LogP contribution is -1.74. The van der Waals surface area contributed by atoms with Crippen LogP contribution in [0.3, 0.4) is 0 Å². The lowest BCUT2D eigenvalue weighted by atomic mass is 10.3. The van der Waals surface area contributed by atoms with Crippen LogP contribution in [-0.2, 0) is 0 Å². The van der Waals surface area contributed by atoms with Gasteiger partial charge in [0.1, 0.15) is 0 Å². The molecule has 0 fully saturated rings. The Balaban J connectivity index is 3.17. The summed E-state index contributed by atoms with van der Waals surface area (Å²) in [6, 6.07) is 0. The molecule has 0 amide bonds. The molecular formula is C9H14O. The summed E-state index contributed by atoms with van der Waals surface area (Å²) >= 11 is 0. The van der Waals surface area contributed by atoms with Crippen LogP contribution >= 0.6 is 0 Å². The SMILES string of the molecule is C=C/C=C/C/C=C/CCO. The summed E-state index contributed by atoms with van der Waals surface area (Å²) in [6.07, 6.45) is 11.3. The zero-order chi connectivity index (χ0) is 7.66. The molecule has 0 aliphatic rings. The summed E-state index contributed by atoms with van der Waals surface area (Å²) in [5.41, 5.74) is 0. The van der Waals surface area contributed by atoms with Crippen LogP contribution in [0.5, 0.6) is 0 Å². The topological polar surface area (TPSA) is 20.2 Å². The third kappa shape index (κ3) is 7.18.